The van der Waals surface area contributed by atoms with Gasteiger partial charge < -0.3 is 5.32 Å². The highest BCUT2D eigenvalue weighted by Gasteiger charge is 2.06. The summed E-state index contributed by atoms with van der Waals surface area (Å²) >= 11 is 0. The summed E-state index contributed by atoms with van der Waals surface area (Å²) in [6.45, 7) is 1.95. The number of anilines is 1. The zero-order valence-electron chi connectivity index (χ0n) is 10.9. The Bertz CT molecular complexity index is 737. The summed E-state index contributed by atoms with van der Waals surface area (Å²) in [5.41, 5.74) is 3.59. The lowest BCUT2D eigenvalue weighted by Crippen LogP contribution is -2.00. The lowest BCUT2D eigenvalue weighted by molar-refractivity contribution is 1.09. The first-order valence-electron chi connectivity index (χ1n) is 6.16. The number of para-hydroxylation sites is 1. The minimum atomic E-state index is 0.616. The molecule has 0 atom stereocenters. The summed E-state index contributed by atoms with van der Waals surface area (Å²) < 4.78 is 0. The van der Waals surface area contributed by atoms with Crippen molar-refractivity contribution >= 4 is 16.9 Å². The second kappa shape index (κ2) is 4.65. The van der Waals surface area contributed by atoms with Gasteiger partial charge in [-0.15, -0.1) is 0 Å². The van der Waals surface area contributed by atoms with Gasteiger partial charge in [0, 0.05) is 18.1 Å². The maximum Gasteiger partial charge on any atom is 0.223 e. The van der Waals surface area contributed by atoms with E-state index in [1.807, 2.05) is 44.3 Å². The molecule has 0 aliphatic carbocycles. The summed E-state index contributed by atoms with van der Waals surface area (Å²) in [6, 6.07) is 14.1. The second-order valence-electron chi connectivity index (χ2n) is 4.36. The number of nitrogens with one attached hydrogen (secondary N) is 1. The number of benzene rings is 1. The molecule has 2 heterocycles. The van der Waals surface area contributed by atoms with Gasteiger partial charge in [0.15, 0.2) is 0 Å². The predicted octanol–water partition coefficient (Wildman–Crippen LogP) is 3.04. The highest BCUT2D eigenvalue weighted by Crippen LogP contribution is 2.20. The highest BCUT2D eigenvalue weighted by molar-refractivity contribution is 5.81. The average molecular weight is 250 g/mol. The first-order valence-corrected chi connectivity index (χ1v) is 6.16. The molecule has 0 amide bonds. The Morgan fingerprint density at radius 3 is 2.58 bits per heavy atom. The minimum Gasteiger partial charge on any atom is -0.357 e. The number of aromatic nitrogens is 3. The molecule has 0 saturated carbocycles. The van der Waals surface area contributed by atoms with Crippen molar-refractivity contribution in [3.8, 4) is 11.4 Å². The smallest absolute Gasteiger partial charge is 0.223 e. The molecule has 0 unspecified atom stereocenters. The Labute approximate surface area is 111 Å². The van der Waals surface area contributed by atoms with Crippen LogP contribution in [0, 0.1) is 6.92 Å². The minimum absolute atomic E-state index is 0.616. The van der Waals surface area contributed by atoms with Crippen molar-refractivity contribution in [2.24, 2.45) is 0 Å². The molecule has 0 aliphatic rings. The summed E-state index contributed by atoms with van der Waals surface area (Å²) in [4.78, 5) is 13.4. The lowest BCUT2D eigenvalue weighted by Gasteiger charge is -2.06. The molecule has 3 aromatic rings. The number of pyridine rings is 1. The van der Waals surface area contributed by atoms with E-state index in [1.54, 1.807) is 0 Å². The number of aryl methyl sites for hydroxylation is 1. The highest BCUT2D eigenvalue weighted by atomic mass is 15.1. The molecular formula is C15H14N4. The molecule has 0 spiro atoms. The SMILES string of the molecule is CNc1nc(C)cc(-c2ccc3ccccc3n2)n1. The molecule has 94 valence electrons. The third-order valence-electron chi connectivity index (χ3n) is 2.94. The van der Waals surface area contributed by atoms with Gasteiger partial charge in [-0.05, 0) is 25.1 Å². The maximum absolute atomic E-state index is 4.64. The zero-order chi connectivity index (χ0) is 13.2. The van der Waals surface area contributed by atoms with Crippen molar-refractivity contribution in [3.63, 3.8) is 0 Å². The van der Waals surface area contributed by atoms with Crippen LogP contribution in [0.1, 0.15) is 5.69 Å². The number of nitrogens with zero attached hydrogens (tertiary/aromatic N) is 3. The Kier molecular flexibility index (Phi) is 2.83. The van der Waals surface area contributed by atoms with Crippen LogP contribution in [0.25, 0.3) is 22.3 Å². The molecule has 4 nitrogen and oxygen atoms in total. The van der Waals surface area contributed by atoms with Crippen LogP contribution in [0.3, 0.4) is 0 Å². The fourth-order valence-electron chi connectivity index (χ4n) is 2.02. The molecule has 0 fully saturated rings. The third-order valence-corrected chi connectivity index (χ3v) is 2.94. The van der Waals surface area contributed by atoms with Crippen molar-refractivity contribution in [1.29, 1.82) is 0 Å². The van der Waals surface area contributed by atoms with Gasteiger partial charge in [0.05, 0.1) is 16.9 Å². The Morgan fingerprint density at radius 2 is 1.74 bits per heavy atom. The quantitative estimate of drug-likeness (QED) is 0.759. The second-order valence-corrected chi connectivity index (χ2v) is 4.36. The molecule has 0 aliphatic heterocycles. The summed E-state index contributed by atoms with van der Waals surface area (Å²) in [6.07, 6.45) is 0. The van der Waals surface area contributed by atoms with Crippen LogP contribution in [0.5, 0.6) is 0 Å². The molecule has 2 aromatic heterocycles. The molecule has 0 radical (unpaired) electrons. The first-order chi connectivity index (χ1) is 9.26. The van der Waals surface area contributed by atoms with E-state index in [4.69, 9.17) is 0 Å². The molecule has 1 N–H and O–H groups in total. The van der Waals surface area contributed by atoms with Crippen molar-refractivity contribution in [3.05, 3.63) is 48.2 Å². The average Bonchev–Trinajstić information content (AvgIpc) is 2.46. The van der Waals surface area contributed by atoms with Crippen LogP contribution in [0.15, 0.2) is 42.5 Å². The van der Waals surface area contributed by atoms with Crippen LogP contribution in [-0.2, 0) is 0 Å². The van der Waals surface area contributed by atoms with E-state index < -0.39 is 0 Å². The predicted molar refractivity (Wildman–Crippen MR) is 77.1 cm³/mol. The molecule has 19 heavy (non-hydrogen) atoms. The van der Waals surface area contributed by atoms with E-state index in [1.165, 1.54) is 0 Å². The fraction of sp³-hybridized carbons (Fsp3) is 0.133. The Balaban J connectivity index is 2.15. The van der Waals surface area contributed by atoms with Crippen molar-refractivity contribution in [2.75, 3.05) is 12.4 Å². The van der Waals surface area contributed by atoms with Crippen LogP contribution >= 0.6 is 0 Å². The topological polar surface area (TPSA) is 50.7 Å². The van der Waals surface area contributed by atoms with Gasteiger partial charge in [-0.3, -0.25) is 0 Å². The molecule has 1 aromatic carbocycles. The largest absolute Gasteiger partial charge is 0.357 e. The summed E-state index contributed by atoms with van der Waals surface area (Å²) in [5.74, 6) is 0.616. The monoisotopic (exact) mass is 250 g/mol. The fourth-order valence-corrected chi connectivity index (χ4v) is 2.02. The number of hydrogen-bond donors (Lipinski definition) is 1. The van der Waals surface area contributed by atoms with Crippen LogP contribution in [-0.4, -0.2) is 22.0 Å². The van der Waals surface area contributed by atoms with Gasteiger partial charge >= 0.3 is 0 Å². The van der Waals surface area contributed by atoms with Crippen LogP contribution in [0.4, 0.5) is 5.95 Å². The Morgan fingerprint density at radius 1 is 0.895 bits per heavy atom. The molecule has 4 heteroatoms. The van der Waals surface area contributed by atoms with Crippen molar-refractivity contribution < 1.29 is 0 Å². The first kappa shape index (κ1) is 11.6. The molecule has 3 rings (SSSR count). The van der Waals surface area contributed by atoms with E-state index >= 15 is 0 Å². The van der Waals surface area contributed by atoms with E-state index in [0.717, 1.165) is 28.0 Å². The standard InChI is InChI=1S/C15H14N4/c1-10-9-14(19-15(16-2)17-10)13-8-7-11-5-3-4-6-12(11)18-13/h3-9H,1-2H3,(H,16,17,19). The van der Waals surface area contributed by atoms with Crippen LogP contribution in [0.2, 0.25) is 0 Å². The zero-order valence-corrected chi connectivity index (χ0v) is 10.9. The summed E-state index contributed by atoms with van der Waals surface area (Å²) in [5, 5.41) is 4.10. The van der Waals surface area contributed by atoms with Gasteiger partial charge in [0.25, 0.3) is 0 Å². The Hall–Kier alpha value is -2.49. The van der Waals surface area contributed by atoms with Gasteiger partial charge in [-0.25, -0.2) is 15.0 Å². The van der Waals surface area contributed by atoms with Gasteiger partial charge in [0.1, 0.15) is 0 Å². The van der Waals surface area contributed by atoms with Crippen molar-refractivity contribution in [1.82, 2.24) is 15.0 Å². The van der Waals surface area contributed by atoms with E-state index in [-0.39, 0.29) is 0 Å². The van der Waals surface area contributed by atoms with Crippen molar-refractivity contribution in [2.45, 2.75) is 6.92 Å². The molecule has 0 saturated heterocycles. The van der Waals surface area contributed by atoms with Gasteiger partial charge in [0.2, 0.25) is 5.95 Å². The van der Waals surface area contributed by atoms with Crippen LogP contribution < -0.4 is 5.32 Å². The molecular weight excluding hydrogens is 236 g/mol. The number of hydrogen-bond acceptors (Lipinski definition) is 4. The maximum atomic E-state index is 4.64. The van der Waals surface area contributed by atoms with Gasteiger partial charge in [-0.1, -0.05) is 24.3 Å². The normalized spacial score (nSPS) is 10.6. The lowest BCUT2D eigenvalue weighted by atomic mass is 10.1. The van der Waals surface area contributed by atoms with E-state index in [0.29, 0.717) is 5.95 Å². The summed E-state index contributed by atoms with van der Waals surface area (Å²) in [7, 11) is 1.81. The molecule has 0 bridgehead atoms. The van der Waals surface area contributed by atoms with E-state index in [2.05, 4.69) is 32.4 Å². The third kappa shape index (κ3) is 2.25. The van der Waals surface area contributed by atoms with E-state index in [9.17, 15) is 0 Å². The number of fused-ring (bicyclic) bond motifs is 1. The van der Waals surface area contributed by atoms with Gasteiger partial charge in [-0.2, -0.15) is 0 Å². The number of rotatable bonds is 2.